The van der Waals surface area contributed by atoms with Crippen molar-refractivity contribution in [1.29, 1.82) is 0 Å². The summed E-state index contributed by atoms with van der Waals surface area (Å²) in [6.45, 7) is 0. The lowest BCUT2D eigenvalue weighted by molar-refractivity contribution is -0.102. The maximum absolute atomic E-state index is 10.1. The van der Waals surface area contributed by atoms with E-state index in [0.29, 0.717) is 5.04 Å². The lowest BCUT2D eigenvalue weighted by atomic mass is 10.6. The second kappa shape index (κ2) is 3.25. The van der Waals surface area contributed by atoms with E-state index in [0.717, 1.165) is 6.29 Å². The molecule has 0 aromatic rings. The van der Waals surface area contributed by atoms with E-state index in [1.54, 1.807) is 12.3 Å². The Morgan fingerprint density at radius 3 is 3.22 bits per heavy atom. The number of thioether (sulfide) groups is 1. The summed E-state index contributed by atoms with van der Waals surface area (Å²) in [4.78, 5) is 13.9. The molecule has 0 aliphatic carbocycles. The van der Waals surface area contributed by atoms with Crippen molar-refractivity contribution < 1.29 is 4.79 Å². The molecule has 0 atom stereocenters. The van der Waals surface area contributed by atoms with Gasteiger partial charge in [0.15, 0.2) is 6.29 Å². The average molecular weight is 139 g/mol. The largest absolute Gasteiger partial charge is 0.296 e. The Balaban J connectivity index is 2.73. The van der Waals surface area contributed by atoms with Crippen LogP contribution < -0.4 is 0 Å². The van der Waals surface area contributed by atoms with E-state index in [2.05, 4.69) is 4.99 Å². The number of aliphatic imine (C=N–C) groups is 1. The number of nitrogens with zero attached hydrogens (tertiary/aromatic N) is 1. The maximum atomic E-state index is 10.1. The Morgan fingerprint density at radius 1 is 1.56 bits per heavy atom. The zero-order chi connectivity index (χ0) is 6.53. The van der Waals surface area contributed by atoms with Crippen molar-refractivity contribution in [2.24, 2.45) is 4.99 Å². The Morgan fingerprint density at radius 2 is 2.44 bits per heavy atom. The molecule has 2 nitrogen and oxygen atoms in total. The second-order valence-electron chi connectivity index (χ2n) is 1.37. The van der Waals surface area contributed by atoms with E-state index in [-0.39, 0.29) is 0 Å². The molecule has 0 aromatic heterocycles. The molecule has 0 saturated carbocycles. The summed E-state index contributed by atoms with van der Waals surface area (Å²) in [7, 11) is 0. The van der Waals surface area contributed by atoms with E-state index >= 15 is 0 Å². The van der Waals surface area contributed by atoms with Gasteiger partial charge < -0.3 is 0 Å². The second-order valence-corrected chi connectivity index (χ2v) is 2.30. The number of hydrogen-bond acceptors (Lipinski definition) is 3. The fourth-order valence-electron chi connectivity index (χ4n) is 0.409. The van der Waals surface area contributed by atoms with Crippen molar-refractivity contribution in [2.45, 2.75) is 0 Å². The van der Waals surface area contributed by atoms with Gasteiger partial charge in [-0.15, -0.1) is 0 Å². The van der Waals surface area contributed by atoms with E-state index in [4.69, 9.17) is 0 Å². The smallest absolute Gasteiger partial charge is 0.175 e. The van der Waals surface area contributed by atoms with Gasteiger partial charge in [0, 0.05) is 6.20 Å². The average Bonchev–Trinajstić information content (AvgIpc) is 2.13. The van der Waals surface area contributed by atoms with Gasteiger partial charge in [-0.25, -0.2) is 4.99 Å². The molecule has 1 heterocycles. The highest BCUT2D eigenvalue weighted by Gasteiger charge is 1.92. The molecular weight excluding hydrogens is 134 g/mol. The zero-order valence-electron chi connectivity index (χ0n) is 4.65. The Hall–Kier alpha value is -0.830. The van der Waals surface area contributed by atoms with Crippen LogP contribution in [0, 0.1) is 0 Å². The van der Waals surface area contributed by atoms with Crippen molar-refractivity contribution in [3.8, 4) is 0 Å². The quantitative estimate of drug-likeness (QED) is 0.513. The molecule has 3 heteroatoms. The molecule has 46 valence electrons. The highest BCUT2D eigenvalue weighted by Crippen LogP contribution is 2.07. The van der Waals surface area contributed by atoms with Crippen LogP contribution in [0.5, 0.6) is 0 Å². The molecule has 0 spiro atoms. The molecule has 0 amide bonds. The molecule has 0 fully saturated rings. The predicted molar refractivity (Wildman–Crippen MR) is 39.4 cm³/mol. The number of carbonyl (C=O) groups excluding carboxylic acids is 1. The molecule has 1 aliphatic heterocycles. The molecule has 0 radical (unpaired) electrons. The predicted octanol–water partition coefficient (Wildman–Crippen LogP) is 1.36. The van der Waals surface area contributed by atoms with Gasteiger partial charge in [-0.3, -0.25) is 4.79 Å². The fourth-order valence-corrected chi connectivity index (χ4v) is 0.895. The van der Waals surface area contributed by atoms with Crippen LogP contribution in [0.4, 0.5) is 0 Å². The van der Waals surface area contributed by atoms with Crippen molar-refractivity contribution >= 4 is 23.1 Å². The molecule has 0 unspecified atom stereocenters. The van der Waals surface area contributed by atoms with Crippen molar-refractivity contribution in [3.05, 3.63) is 23.8 Å². The summed E-state index contributed by atoms with van der Waals surface area (Å²) < 4.78 is 0. The minimum Gasteiger partial charge on any atom is -0.296 e. The first kappa shape index (κ1) is 6.29. The van der Waals surface area contributed by atoms with Crippen molar-refractivity contribution in [1.82, 2.24) is 0 Å². The molecular formula is C6H5NOS. The lowest BCUT2D eigenvalue weighted by Gasteiger charge is -1.83. The third-order valence-electron chi connectivity index (χ3n) is 0.767. The first-order chi connectivity index (χ1) is 4.43. The first-order valence-corrected chi connectivity index (χ1v) is 3.33. The summed E-state index contributed by atoms with van der Waals surface area (Å²) in [5.41, 5.74) is 0. The van der Waals surface area contributed by atoms with E-state index < -0.39 is 0 Å². The number of carbonyl (C=O) groups is 1. The van der Waals surface area contributed by atoms with Gasteiger partial charge in [-0.2, -0.15) is 0 Å². The van der Waals surface area contributed by atoms with Gasteiger partial charge in [-0.1, -0.05) is 17.8 Å². The van der Waals surface area contributed by atoms with E-state index in [1.807, 2.05) is 11.5 Å². The zero-order valence-corrected chi connectivity index (χ0v) is 5.47. The summed E-state index contributed by atoms with van der Waals surface area (Å²) >= 11 is 1.32. The standard InChI is InChI=1S/C6H5NOS/c8-5-6-7-3-1-2-4-9-6/h1-5H. The molecule has 0 bridgehead atoms. The molecule has 9 heavy (non-hydrogen) atoms. The van der Waals surface area contributed by atoms with Crippen molar-refractivity contribution in [3.63, 3.8) is 0 Å². The van der Waals surface area contributed by atoms with E-state index in [9.17, 15) is 4.79 Å². The third kappa shape index (κ3) is 1.85. The highest BCUT2D eigenvalue weighted by molar-refractivity contribution is 8.17. The van der Waals surface area contributed by atoms with Crippen LogP contribution in [0.15, 0.2) is 28.8 Å². The molecule has 1 aliphatic rings. The molecule has 0 saturated heterocycles. The summed E-state index contributed by atoms with van der Waals surface area (Å²) in [5.74, 6) is 0. The fraction of sp³-hybridized carbons (Fsp3) is 0. The van der Waals surface area contributed by atoms with Gasteiger partial charge in [0.2, 0.25) is 0 Å². The molecule has 0 aromatic carbocycles. The first-order valence-electron chi connectivity index (χ1n) is 2.45. The van der Waals surface area contributed by atoms with Gasteiger partial charge in [0.1, 0.15) is 5.04 Å². The van der Waals surface area contributed by atoms with Gasteiger partial charge in [0.25, 0.3) is 0 Å². The topological polar surface area (TPSA) is 29.4 Å². The summed E-state index contributed by atoms with van der Waals surface area (Å²) in [5, 5.41) is 2.32. The maximum Gasteiger partial charge on any atom is 0.175 e. The van der Waals surface area contributed by atoms with Crippen molar-refractivity contribution in [2.75, 3.05) is 0 Å². The van der Waals surface area contributed by atoms with E-state index in [1.165, 1.54) is 11.8 Å². The van der Waals surface area contributed by atoms with Crippen LogP contribution in [-0.4, -0.2) is 11.3 Å². The van der Waals surface area contributed by atoms with Crippen LogP contribution >= 0.6 is 11.8 Å². The normalized spacial score (nSPS) is 16.7. The van der Waals surface area contributed by atoms with Gasteiger partial charge in [0.05, 0.1) is 0 Å². The van der Waals surface area contributed by atoms with Crippen LogP contribution in [0.3, 0.4) is 0 Å². The van der Waals surface area contributed by atoms with Crippen LogP contribution in [-0.2, 0) is 4.79 Å². The number of rotatable bonds is 1. The van der Waals surface area contributed by atoms with Gasteiger partial charge in [-0.05, 0) is 11.5 Å². The minimum atomic E-state index is 0.500. The Kier molecular flexibility index (Phi) is 2.27. The molecule has 1 rings (SSSR count). The third-order valence-corrected chi connectivity index (χ3v) is 1.50. The SMILES string of the molecule is O=CC1=NC=CC=CS1. The number of allylic oxidation sites excluding steroid dienone is 2. The number of aldehydes is 1. The van der Waals surface area contributed by atoms with Gasteiger partial charge >= 0.3 is 0 Å². The number of hydrogen-bond donors (Lipinski definition) is 0. The minimum absolute atomic E-state index is 0.500. The Labute approximate surface area is 57.4 Å². The van der Waals surface area contributed by atoms with Crippen LogP contribution in [0.25, 0.3) is 0 Å². The summed E-state index contributed by atoms with van der Waals surface area (Å²) in [6, 6.07) is 0. The van der Waals surface area contributed by atoms with Crippen LogP contribution in [0.2, 0.25) is 0 Å². The highest BCUT2D eigenvalue weighted by atomic mass is 32.2. The Bertz CT molecular complexity index is 193. The molecule has 0 N–H and O–H groups in total. The monoisotopic (exact) mass is 139 g/mol. The summed E-state index contributed by atoms with van der Waals surface area (Å²) in [6.07, 6.45) is 5.96. The lowest BCUT2D eigenvalue weighted by Crippen LogP contribution is -1.87. The van der Waals surface area contributed by atoms with Crippen LogP contribution in [0.1, 0.15) is 0 Å².